The van der Waals surface area contributed by atoms with Gasteiger partial charge in [0.1, 0.15) is 0 Å². The molecule has 2 aromatic carbocycles. The van der Waals surface area contributed by atoms with Crippen LogP contribution in [-0.2, 0) is 39.3 Å². The molecule has 16 nitrogen and oxygen atoms in total. The Bertz CT molecular complexity index is 2020. The Morgan fingerprint density at radius 2 is 1.41 bits per heavy atom. The second-order valence-corrected chi connectivity index (χ2v) is 12.0. The van der Waals surface area contributed by atoms with Crippen molar-refractivity contribution in [2.24, 2.45) is 0 Å². The number of rotatable bonds is 12. The monoisotopic (exact) mass is 676 g/mol. The van der Waals surface area contributed by atoms with Gasteiger partial charge >= 0.3 is 11.9 Å². The first kappa shape index (κ1) is 35.3. The summed E-state index contributed by atoms with van der Waals surface area (Å²) in [7, 11) is -9.03. The van der Waals surface area contributed by atoms with E-state index in [0.717, 1.165) is 47.2 Å². The number of aromatic nitrogens is 2. The lowest BCUT2D eigenvalue weighted by atomic mass is 10.0. The molecule has 0 fully saturated rings. The van der Waals surface area contributed by atoms with Gasteiger partial charge in [-0.25, -0.2) is 14.3 Å². The first-order valence-electron chi connectivity index (χ1n) is 13.1. The number of aromatic amines is 1. The minimum atomic E-state index is -4.52. The molecule has 0 bridgehead atoms. The Morgan fingerprint density at radius 1 is 0.891 bits per heavy atom. The molecule has 244 valence electrons. The highest BCUT2D eigenvalue weighted by atomic mass is 32.2. The van der Waals surface area contributed by atoms with E-state index >= 15 is 0 Å². The Kier molecular flexibility index (Phi) is 11.0. The van der Waals surface area contributed by atoms with E-state index in [1.807, 2.05) is 0 Å². The average molecular weight is 677 g/mol. The third kappa shape index (κ3) is 8.30. The van der Waals surface area contributed by atoms with Gasteiger partial charge in [-0.15, -0.1) is 0 Å². The number of benzene rings is 2. The maximum atomic E-state index is 13.5. The van der Waals surface area contributed by atoms with Crippen molar-refractivity contribution in [3.05, 3.63) is 87.9 Å². The molecule has 0 radical (unpaired) electrons. The summed E-state index contributed by atoms with van der Waals surface area (Å²) in [6.45, 7) is 4.25. The van der Waals surface area contributed by atoms with E-state index in [-0.39, 0.29) is 41.4 Å². The van der Waals surface area contributed by atoms with Gasteiger partial charge in [0.25, 0.3) is 31.7 Å². The molecular formula is C28H28N4O12S2. The molecule has 0 aliphatic heterocycles. The van der Waals surface area contributed by atoms with E-state index in [9.17, 15) is 40.6 Å². The van der Waals surface area contributed by atoms with Gasteiger partial charge < -0.3 is 14.8 Å². The first-order valence-corrected chi connectivity index (χ1v) is 16.0. The lowest BCUT2D eigenvalue weighted by Gasteiger charge is -2.10. The summed E-state index contributed by atoms with van der Waals surface area (Å²) in [6, 6.07) is 8.81. The third-order valence-electron chi connectivity index (χ3n) is 6.06. The number of H-pyrrole nitrogens is 1. The molecule has 0 aliphatic carbocycles. The van der Waals surface area contributed by atoms with Crippen molar-refractivity contribution in [1.82, 2.24) is 9.78 Å². The normalized spacial score (nSPS) is 12.4. The molecule has 5 N–H and O–H groups in total. The number of carbonyl (C=O) groups excluding carboxylic acids is 3. The number of hydrogen-bond donors (Lipinski definition) is 5. The number of amides is 1. The molecule has 46 heavy (non-hydrogen) atoms. The SMILES string of the molecule is CCOC(=O)C(=N)/C(=C/C=C(C)c1c(C(=O)OCC)[nH]n(-c2ccc(S(=O)(=O)O)cc2)c1=O)C(=O)Nc1ccc(S(=O)(=O)O)cc1. The van der Waals surface area contributed by atoms with Crippen molar-refractivity contribution in [1.29, 1.82) is 5.41 Å². The van der Waals surface area contributed by atoms with Crippen LogP contribution in [0.2, 0.25) is 0 Å². The minimum Gasteiger partial charge on any atom is -0.461 e. The molecule has 0 atom stereocenters. The summed E-state index contributed by atoms with van der Waals surface area (Å²) < 4.78 is 74.7. The summed E-state index contributed by atoms with van der Waals surface area (Å²) in [4.78, 5) is 51.0. The Balaban J connectivity index is 2.11. The number of nitrogens with one attached hydrogen (secondary N) is 3. The molecule has 0 saturated heterocycles. The van der Waals surface area contributed by atoms with Crippen LogP contribution in [0, 0.1) is 5.41 Å². The van der Waals surface area contributed by atoms with Gasteiger partial charge in [-0.3, -0.25) is 29.2 Å². The highest BCUT2D eigenvalue weighted by molar-refractivity contribution is 7.86. The Labute approximate surface area is 262 Å². The summed E-state index contributed by atoms with van der Waals surface area (Å²) in [5.41, 5.74) is -2.54. The summed E-state index contributed by atoms with van der Waals surface area (Å²) in [5.74, 6) is -3.08. The number of hydrogen-bond acceptors (Lipinski definition) is 11. The van der Waals surface area contributed by atoms with Gasteiger partial charge in [-0.2, -0.15) is 16.8 Å². The summed E-state index contributed by atoms with van der Waals surface area (Å²) in [6.07, 6.45) is 2.21. The van der Waals surface area contributed by atoms with Gasteiger partial charge in [0.2, 0.25) is 0 Å². The molecular weight excluding hydrogens is 648 g/mol. The van der Waals surface area contributed by atoms with E-state index < -0.39 is 64.7 Å². The Morgan fingerprint density at radius 3 is 1.91 bits per heavy atom. The molecule has 0 saturated carbocycles. The maximum absolute atomic E-state index is 13.5. The van der Waals surface area contributed by atoms with Crippen molar-refractivity contribution in [3.63, 3.8) is 0 Å². The fourth-order valence-corrected chi connectivity index (χ4v) is 4.85. The second-order valence-electron chi connectivity index (χ2n) is 9.17. The Hall–Kier alpha value is -5.17. The molecule has 3 aromatic rings. The smallest absolute Gasteiger partial charge is 0.357 e. The molecule has 3 rings (SSSR count). The molecule has 18 heteroatoms. The van der Waals surface area contributed by atoms with Crippen LogP contribution in [0.15, 0.2) is 80.8 Å². The van der Waals surface area contributed by atoms with Crippen LogP contribution >= 0.6 is 0 Å². The topological polar surface area (TPSA) is 252 Å². The van der Waals surface area contributed by atoms with Crippen molar-refractivity contribution in [2.75, 3.05) is 18.5 Å². The molecule has 1 amide bonds. The molecule has 0 spiro atoms. The quantitative estimate of drug-likeness (QED) is 0.0610. The second kappa shape index (κ2) is 14.3. The zero-order valence-corrected chi connectivity index (χ0v) is 26.1. The van der Waals surface area contributed by atoms with Crippen LogP contribution in [0.1, 0.15) is 36.8 Å². The highest BCUT2D eigenvalue weighted by Gasteiger charge is 2.25. The van der Waals surface area contributed by atoms with E-state index in [2.05, 4.69) is 10.4 Å². The fraction of sp³-hybridized carbons (Fsp3) is 0.179. The number of anilines is 1. The maximum Gasteiger partial charge on any atom is 0.357 e. The zero-order chi connectivity index (χ0) is 34.4. The van der Waals surface area contributed by atoms with Gasteiger partial charge in [0.15, 0.2) is 11.4 Å². The molecule has 0 unspecified atom stereocenters. The number of carbonyl (C=O) groups is 3. The minimum absolute atomic E-state index is 0.0406. The van der Waals surface area contributed by atoms with E-state index in [1.54, 1.807) is 0 Å². The van der Waals surface area contributed by atoms with E-state index in [4.69, 9.17) is 19.4 Å². The number of ether oxygens (including phenoxy) is 2. The predicted molar refractivity (Wildman–Crippen MR) is 163 cm³/mol. The molecule has 0 aliphatic rings. The molecule has 1 aromatic heterocycles. The number of esters is 2. The number of allylic oxidation sites excluding steroid dienone is 3. The summed E-state index contributed by atoms with van der Waals surface area (Å²) in [5, 5.41) is 13.2. The van der Waals surface area contributed by atoms with Gasteiger partial charge in [-0.1, -0.05) is 6.08 Å². The first-order chi connectivity index (χ1) is 21.5. The lowest BCUT2D eigenvalue weighted by Crippen LogP contribution is -2.27. The van der Waals surface area contributed by atoms with Crippen LogP contribution < -0.4 is 10.9 Å². The van der Waals surface area contributed by atoms with Gasteiger partial charge in [-0.05, 0) is 81.0 Å². The predicted octanol–water partition coefficient (Wildman–Crippen LogP) is 2.39. The van der Waals surface area contributed by atoms with Crippen molar-refractivity contribution in [3.8, 4) is 5.69 Å². The van der Waals surface area contributed by atoms with Crippen LogP contribution in [-0.4, -0.2) is 72.5 Å². The van der Waals surface area contributed by atoms with Crippen molar-refractivity contribution >= 4 is 55.1 Å². The van der Waals surface area contributed by atoms with Crippen LogP contribution in [0.5, 0.6) is 0 Å². The van der Waals surface area contributed by atoms with E-state index in [1.165, 1.54) is 39.0 Å². The lowest BCUT2D eigenvalue weighted by molar-refractivity contribution is -0.135. The average Bonchev–Trinajstić information content (AvgIpc) is 3.33. The van der Waals surface area contributed by atoms with Gasteiger partial charge in [0, 0.05) is 5.69 Å². The van der Waals surface area contributed by atoms with Crippen LogP contribution in [0.3, 0.4) is 0 Å². The van der Waals surface area contributed by atoms with Crippen LogP contribution in [0.25, 0.3) is 11.3 Å². The van der Waals surface area contributed by atoms with Crippen molar-refractivity contribution < 1.29 is 49.8 Å². The fourth-order valence-electron chi connectivity index (χ4n) is 3.89. The highest BCUT2D eigenvalue weighted by Crippen LogP contribution is 2.20. The van der Waals surface area contributed by atoms with Gasteiger partial charge in [0.05, 0.1) is 39.8 Å². The third-order valence-corrected chi connectivity index (χ3v) is 7.80. The van der Waals surface area contributed by atoms with E-state index in [0.29, 0.717) is 0 Å². The van der Waals surface area contributed by atoms with Crippen molar-refractivity contribution in [2.45, 2.75) is 30.6 Å². The number of nitrogens with zero attached hydrogens (tertiary/aromatic N) is 1. The molecule has 1 heterocycles. The van der Waals surface area contributed by atoms with Crippen LogP contribution in [0.4, 0.5) is 5.69 Å². The largest absolute Gasteiger partial charge is 0.461 e. The standard InChI is InChI=1S/C28H28N4O12S2/c1-4-43-27(35)23(29)21(25(33)30-17-7-11-19(12-8-17)45(37,38)39)15-6-16(3)22-24(28(36)44-5-2)31-32(26(22)34)18-9-13-20(14-10-18)46(40,41)42/h6-15,29,31H,4-5H2,1-3H3,(H,30,33)(H,37,38,39)(H,40,41,42)/b16-6?,21-15-,29-23?. The zero-order valence-electron chi connectivity index (χ0n) is 24.4. The summed E-state index contributed by atoms with van der Waals surface area (Å²) >= 11 is 0.